The molecule has 5 nitrogen and oxygen atoms in total. The molecule has 1 aliphatic heterocycles. The van der Waals surface area contributed by atoms with Crippen molar-refractivity contribution in [2.75, 3.05) is 6.79 Å². The molecular formula is C20H18N2O3S. The van der Waals surface area contributed by atoms with E-state index in [0.29, 0.717) is 11.7 Å². The van der Waals surface area contributed by atoms with E-state index < -0.39 is 0 Å². The fourth-order valence-corrected chi connectivity index (χ4v) is 5.03. The van der Waals surface area contributed by atoms with E-state index in [1.54, 1.807) is 11.3 Å². The Balaban J connectivity index is 1.51. The number of fused-ring (bicyclic) bond motifs is 4. The number of ether oxygens (including phenoxy) is 2. The first-order chi connectivity index (χ1) is 12.7. The average Bonchev–Trinajstić information content (AvgIpc) is 3.22. The zero-order chi connectivity index (χ0) is 17.7. The number of nitrogens with one attached hydrogen (secondary N) is 1. The molecule has 6 heteroatoms. The second-order valence-electron chi connectivity index (χ2n) is 6.93. The predicted octanol–water partition coefficient (Wildman–Crippen LogP) is 4.01. The average molecular weight is 366 g/mol. The highest BCUT2D eigenvalue weighted by molar-refractivity contribution is 7.18. The van der Waals surface area contributed by atoms with Crippen LogP contribution in [0, 0.1) is 5.92 Å². The summed E-state index contributed by atoms with van der Waals surface area (Å²) in [6.45, 7) is 2.53. The molecule has 0 radical (unpaired) electrons. The molecule has 1 aromatic carbocycles. The van der Waals surface area contributed by atoms with Crippen LogP contribution in [0.3, 0.4) is 0 Å². The summed E-state index contributed by atoms with van der Waals surface area (Å²) in [5.74, 6) is 2.75. The highest BCUT2D eigenvalue weighted by Crippen LogP contribution is 2.36. The van der Waals surface area contributed by atoms with Crippen molar-refractivity contribution in [2.24, 2.45) is 5.92 Å². The van der Waals surface area contributed by atoms with E-state index in [1.807, 2.05) is 30.4 Å². The van der Waals surface area contributed by atoms with Gasteiger partial charge in [-0.3, -0.25) is 4.79 Å². The lowest BCUT2D eigenvalue weighted by Gasteiger charge is -2.17. The van der Waals surface area contributed by atoms with E-state index in [2.05, 4.69) is 16.9 Å². The van der Waals surface area contributed by atoms with Gasteiger partial charge in [-0.2, -0.15) is 0 Å². The Morgan fingerprint density at radius 1 is 1.27 bits per heavy atom. The normalized spacial score (nSPS) is 18.6. The van der Waals surface area contributed by atoms with Gasteiger partial charge in [0.15, 0.2) is 11.5 Å². The molecule has 0 saturated carbocycles. The summed E-state index contributed by atoms with van der Waals surface area (Å²) in [6, 6.07) is 5.75. The monoisotopic (exact) mass is 366 g/mol. The van der Waals surface area contributed by atoms with Crippen molar-refractivity contribution in [1.29, 1.82) is 0 Å². The van der Waals surface area contributed by atoms with Crippen molar-refractivity contribution in [3.8, 4) is 11.5 Å². The topological polar surface area (TPSA) is 64.2 Å². The van der Waals surface area contributed by atoms with Crippen LogP contribution in [0.25, 0.3) is 22.4 Å². The van der Waals surface area contributed by atoms with Gasteiger partial charge >= 0.3 is 0 Å². The smallest absolute Gasteiger partial charge is 0.260 e. The molecule has 3 aromatic rings. The maximum Gasteiger partial charge on any atom is 0.260 e. The number of aromatic nitrogens is 2. The van der Waals surface area contributed by atoms with Gasteiger partial charge in [0.2, 0.25) is 6.79 Å². The van der Waals surface area contributed by atoms with Crippen molar-refractivity contribution in [1.82, 2.24) is 9.97 Å². The van der Waals surface area contributed by atoms with Crippen LogP contribution in [0.1, 0.15) is 35.2 Å². The molecule has 2 aromatic heterocycles. The third kappa shape index (κ3) is 2.61. The van der Waals surface area contributed by atoms with Crippen LogP contribution in [0.4, 0.5) is 0 Å². The molecule has 1 aliphatic carbocycles. The number of hydrogen-bond acceptors (Lipinski definition) is 5. The number of H-pyrrole nitrogens is 1. The van der Waals surface area contributed by atoms with Crippen molar-refractivity contribution in [2.45, 2.75) is 26.2 Å². The largest absolute Gasteiger partial charge is 0.454 e. The van der Waals surface area contributed by atoms with E-state index in [1.165, 1.54) is 10.4 Å². The van der Waals surface area contributed by atoms with Crippen molar-refractivity contribution < 1.29 is 9.47 Å². The molecule has 5 rings (SSSR count). The summed E-state index contributed by atoms with van der Waals surface area (Å²) in [6.07, 6.45) is 6.93. The molecule has 1 unspecified atom stereocenters. The second-order valence-corrected chi connectivity index (χ2v) is 8.01. The van der Waals surface area contributed by atoms with Crippen LogP contribution >= 0.6 is 11.3 Å². The minimum absolute atomic E-state index is 0.0348. The van der Waals surface area contributed by atoms with Crippen LogP contribution in [0.5, 0.6) is 11.5 Å². The van der Waals surface area contributed by atoms with Gasteiger partial charge in [0, 0.05) is 4.88 Å². The maximum absolute atomic E-state index is 12.6. The van der Waals surface area contributed by atoms with Crippen LogP contribution in [-0.4, -0.2) is 16.8 Å². The first kappa shape index (κ1) is 15.6. The molecule has 1 N–H and O–H groups in total. The summed E-state index contributed by atoms with van der Waals surface area (Å²) in [7, 11) is 0. The van der Waals surface area contributed by atoms with Gasteiger partial charge in [0.05, 0.1) is 5.39 Å². The predicted molar refractivity (Wildman–Crippen MR) is 103 cm³/mol. The zero-order valence-electron chi connectivity index (χ0n) is 14.4. The standard InChI is InChI=1S/C20H18N2O3S/c1-11-2-5-13-16(8-11)26-20-18(13)19(23)21-17(22-20)7-4-12-3-6-14-15(9-12)25-10-24-14/h3-4,6-7,9,11H,2,5,8,10H2,1H3,(H,21,22,23). The van der Waals surface area contributed by atoms with E-state index in [-0.39, 0.29) is 12.4 Å². The van der Waals surface area contributed by atoms with E-state index in [9.17, 15) is 4.79 Å². The van der Waals surface area contributed by atoms with E-state index in [4.69, 9.17) is 9.47 Å². The summed E-state index contributed by atoms with van der Waals surface area (Å²) >= 11 is 1.67. The minimum atomic E-state index is -0.0348. The summed E-state index contributed by atoms with van der Waals surface area (Å²) < 4.78 is 10.7. The molecule has 0 spiro atoms. The third-order valence-corrected chi connectivity index (χ3v) is 6.16. The maximum atomic E-state index is 12.6. The molecule has 0 amide bonds. The van der Waals surface area contributed by atoms with Gasteiger partial charge in [-0.15, -0.1) is 11.3 Å². The molecule has 3 heterocycles. The quantitative estimate of drug-likeness (QED) is 0.744. The third-order valence-electron chi connectivity index (χ3n) is 5.01. The molecule has 0 fully saturated rings. The number of thiophene rings is 1. The Hall–Kier alpha value is -2.60. The van der Waals surface area contributed by atoms with Crippen molar-refractivity contribution in [3.05, 3.63) is 50.4 Å². The number of benzene rings is 1. The fourth-order valence-electron chi connectivity index (χ4n) is 3.64. The fraction of sp³-hybridized carbons (Fsp3) is 0.300. The molecule has 0 bridgehead atoms. The van der Waals surface area contributed by atoms with Gasteiger partial charge in [-0.1, -0.05) is 19.1 Å². The van der Waals surface area contributed by atoms with Crippen molar-refractivity contribution >= 4 is 33.7 Å². The lowest BCUT2D eigenvalue weighted by Crippen LogP contribution is -2.13. The Morgan fingerprint density at radius 2 is 2.15 bits per heavy atom. The lowest BCUT2D eigenvalue weighted by atomic mass is 9.89. The molecule has 1 atom stereocenters. The highest BCUT2D eigenvalue weighted by Gasteiger charge is 2.22. The SMILES string of the molecule is CC1CCc2c(sc3nc(C=Cc4ccc5c(c4)OCO5)[nH]c(=O)c23)C1. The molecule has 26 heavy (non-hydrogen) atoms. The van der Waals surface area contributed by atoms with Gasteiger partial charge in [-0.05, 0) is 54.5 Å². The minimum Gasteiger partial charge on any atom is -0.454 e. The molecule has 0 saturated heterocycles. The summed E-state index contributed by atoms with van der Waals surface area (Å²) in [5, 5.41) is 0.789. The Kier molecular flexibility index (Phi) is 3.60. The first-order valence-corrected chi connectivity index (χ1v) is 9.61. The number of rotatable bonds is 2. The van der Waals surface area contributed by atoms with Crippen LogP contribution in [0.2, 0.25) is 0 Å². The number of nitrogens with zero attached hydrogens (tertiary/aromatic N) is 1. The number of aromatic amines is 1. The Bertz CT molecular complexity index is 1100. The summed E-state index contributed by atoms with van der Waals surface area (Å²) in [4.78, 5) is 22.4. The number of aryl methyl sites for hydroxylation is 1. The Labute approximate surface area is 154 Å². The van der Waals surface area contributed by atoms with E-state index in [0.717, 1.165) is 46.5 Å². The van der Waals surface area contributed by atoms with Gasteiger partial charge in [0.25, 0.3) is 5.56 Å². The van der Waals surface area contributed by atoms with Crippen LogP contribution in [-0.2, 0) is 12.8 Å². The molecule has 132 valence electrons. The second kappa shape index (κ2) is 5.99. The van der Waals surface area contributed by atoms with Gasteiger partial charge in [-0.25, -0.2) is 4.98 Å². The molecule has 2 aliphatic rings. The first-order valence-electron chi connectivity index (χ1n) is 8.79. The number of hydrogen-bond donors (Lipinski definition) is 1. The van der Waals surface area contributed by atoms with Crippen LogP contribution in [0.15, 0.2) is 23.0 Å². The highest BCUT2D eigenvalue weighted by atomic mass is 32.1. The van der Waals surface area contributed by atoms with Gasteiger partial charge in [0.1, 0.15) is 10.7 Å². The van der Waals surface area contributed by atoms with Crippen molar-refractivity contribution in [3.63, 3.8) is 0 Å². The lowest BCUT2D eigenvalue weighted by molar-refractivity contribution is 0.174. The molecular weight excluding hydrogens is 348 g/mol. The van der Waals surface area contributed by atoms with Crippen LogP contribution < -0.4 is 15.0 Å². The van der Waals surface area contributed by atoms with E-state index >= 15 is 0 Å². The summed E-state index contributed by atoms with van der Waals surface area (Å²) in [5.41, 5.74) is 2.15. The zero-order valence-corrected chi connectivity index (χ0v) is 15.2. The Morgan fingerprint density at radius 3 is 3.08 bits per heavy atom. The van der Waals surface area contributed by atoms with Gasteiger partial charge < -0.3 is 14.5 Å².